The van der Waals surface area contributed by atoms with Crippen LogP contribution >= 0.6 is 0 Å². The molecule has 0 saturated heterocycles. The second-order valence-corrected chi connectivity index (χ2v) is 5.50. The van der Waals surface area contributed by atoms with Gasteiger partial charge in [-0.05, 0) is 17.1 Å². The molecule has 0 spiro atoms. The van der Waals surface area contributed by atoms with Crippen molar-refractivity contribution in [3.63, 3.8) is 0 Å². The van der Waals surface area contributed by atoms with Gasteiger partial charge in [0.1, 0.15) is 0 Å². The molecule has 2 heteroatoms. The lowest BCUT2D eigenvalue weighted by molar-refractivity contribution is -0.0930. The normalized spacial score (nSPS) is 25.1. The van der Waals surface area contributed by atoms with Gasteiger partial charge in [0, 0.05) is 5.92 Å². The Hall–Kier alpha value is -1.28. The number of benzene rings is 1. The van der Waals surface area contributed by atoms with Crippen molar-refractivity contribution in [1.82, 2.24) is 0 Å². The molecule has 2 rings (SSSR count). The molecule has 0 saturated carbocycles. The zero-order valence-electron chi connectivity index (χ0n) is 10.7. The van der Waals surface area contributed by atoms with E-state index in [0.717, 1.165) is 0 Å². The van der Waals surface area contributed by atoms with Crippen molar-refractivity contribution in [2.24, 2.45) is 5.41 Å². The monoisotopic (exact) mass is 232 g/mol. The molecule has 0 N–H and O–H groups in total. The lowest BCUT2D eigenvalue weighted by atomic mass is 9.78. The van der Waals surface area contributed by atoms with Crippen LogP contribution in [0.4, 0.5) is 0 Å². The summed E-state index contributed by atoms with van der Waals surface area (Å²) < 4.78 is 11.1. The molecule has 0 unspecified atom stereocenters. The van der Waals surface area contributed by atoms with Gasteiger partial charge in [0.05, 0.1) is 12.4 Å². The molecule has 0 radical (unpaired) electrons. The molecule has 0 bridgehead atoms. The van der Waals surface area contributed by atoms with E-state index < -0.39 is 0 Å². The summed E-state index contributed by atoms with van der Waals surface area (Å²) in [6.07, 6.45) is 3.98. The fourth-order valence-electron chi connectivity index (χ4n) is 2.25. The van der Waals surface area contributed by atoms with E-state index in [1.807, 2.05) is 6.07 Å². The minimum atomic E-state index is 0.0819. The molecular weight excluding hydrogens is 212 g/mol. The first-order valence-corrected chi connectivity index (χ1v) is 6.04. The van der Waals surface area contributed by atoms with Gasteiger partial charge in [0.25, 0.3) is 0 Å². The van der Waals surface area contributed by atoms with Gasteiger partial charge in [-0.1, -0.05) is 51.1 Å². The molecule has 0 fully saturated rings. The third-order valence-electron chi connectivity index (χ3n) is 3.06. The Balaban J connectivity index is 2.33. The van der Waals surface area contributed by atoms with Crippen molar-refractivity contribution in [1.29, 1.82) is 0 Å². The molecule has 1 heterocycles. The molecule has 2 nitrogen and oxygen atoms in total. The van der Waals surface area contributed by atoms with Crippen LogP contribution in [0.3, 0.4) is 0 Å². The average molecular weight is 232 g/mol. The van der Waals surface area contributed by atoms with Crippen LogP contribution in [0.25, 0.3) is 0 Å². The highest BCUT2D eigenvalue weighted by atomic mass is 16.7. The van der Waals surface area contributed by atoms with Crippen LogP contribution in [0.5, 0.6) is 0 Å². The molecule has 0 aromatic heterocycles. The second kappa shape index (κ2) is 4.92. The first-order chi connectivity index (χ1) is 8.09. The van der Waals surface area contributed by atoms with E-state index in [1.54, 1.807) is 6.26 Å². The van der Waals surface area contributed by atoms with Gasteiger partial charge < -0.3 is 9.47 Å². The van der Waals surface area contributed by atoms with Crippen molar-refractivity contribution in [2.45, 2.75) is 32.8 Å². The number of hydrogen-bond donors (Lipinski definition) is 0. The zero-order chi connectivity index (χ0) is 12.3. The van der Waals surface area contributed by atoms with Crippen LogP contribution in [-0.2, 0) is 9.47 Å². The molecule has 1 aromatic carbocycles. The van der Waals surface area contributed by atoms with Gasteiger partial charge in [-0.2, -0.15) is 0 Å². The molecule has 0 amide bonds. The van der Waals surface area contributed by atoms with Crippen molar-refractivity contribution >= 4 is 0 Å². The van der Waals surface area contributed by atoms with E-state index in [1.165, 1.54) is 5.56 Å². The molecule has 2 atom stereocenters. The van der Waals surface area contributed by atoms with Crippen molar-refractivity contribution in [3.05, 3.63) is 48.2 Å². The van der Waals surface area contributed by atoms with Gasteiger partial charge in [-0.3, -0.25) is 0 Å². The maximum atomic E-state index is 5.85. The highest BCUT2D eigenvalue weighted by Gasteiger charge is 2.33. The van der Waals surface area contributed by atoms with Crippen molar-refractivity contribution in [2.75, 3.05) is 6.79 Å². The summed E-state index contributed by atoms with van der Waals surface area (Å²) in [6, 6.07) is 10.4. The summed E-state index contributed by atoms with van der Waals surface area (Å²) in [7, 11) is 0. The van der Waals surface area contributed by atoms with Gasteiger partial charge in [-0.15, -0.1) is 0 Å². The summed E-state index contributed by atoms with van der Waals surface area (Å²) in [5.74, 6) is 0.249. The van der Waals surface area contributed by atoms with Crippen LogP contribution < -0.4 is 0 Å². The summed E-state index contributed by atoms with van der Waals surface area (Å²) in [4.78, 5) is 0. The predicted molar refractivity (Wildman–Crippen MR) is 68.6 cm³/mol. The summed E-state index contributed by atoms with van der Waals surface area (Å²) in [6.45, 7) is 6.94. The molecule has 1 aliphatic rings. The molecule has 0 aliphatic carbocycles. The molecule has 1 aromatic rings. The van der Waals surface area contributed by atoms with Crippen LogP contribution in [0, 0.1) is 5.41 Å². The van der Waals surface area contributed by atoms with E-state index in [0.29, 0.717) is 6.79 Å². The summed E-state index contributed by atoms with van der Waals surface area (Å²) in [5, 5.41) is 0. The van der Waals surface area contributed by atoms with Gasteiger partial charge in [0.15, 0.2) is 6.79 Å². The first kappa shape index (κ1) is 12.2. The van der Waals surface area contributed by atoms with Crippen molar-refractivity contribution in [3.8, 4) is 0 Å². The average Bonchev–Trinajstić information content (AvgIpc) is 2.54. The highest BCUT2D eigenvalue weighted by Crippen LogP contribution is 2.36. The molecular formula is C15H20O2. The Kier molecular flexibility index (Phi) is 3.53. The van der Waals surface area contributed by atoms with E-state index >= 15 is 0 Å². The van der Waals surface area contributed by atoms with Gasteiger partial charge in [-0.25, -0.2) is 0 Å². The van der Waals surface area contributed by atoms with E-state index in [-0.39, 0.29) is 17.4 Å². The minimum Gasteiger partial charge on any atom is -0.475 e. The van der Waals surface area contributed by atoms with E-state index in [9.17, 15) is 0 Å². The smallest absolute Gasteiger partial charge is 0.188 e. The first-order valence-electron chi connectivity index (χ1n) is 6.04. The van der Waals surface area contributed by atoms with Crippen LogP contribution in [0.2, 0.25) is 0 Å². The van der Waals surface area contributed by atoms with Gasteiger partial charge in [0.2, 0.25) is 0 Å². The largest absolute Gasteiger partial charge is 0.475 e. The van der Waals surface area contributed by atoms with Crippen LogP contribution in [0.1, 0.15) is 32.3 Å². The molecule has 17 heavy (non-hydrogen) atoms. The Labute approximate surface area is 103 Å². The van der Waals surface area contributed by atoms with E-state index in [4.69, 9.17) is 9.47 Å². The number of rotatable bonds is 1. The lowest BCUT2D eigenvalue weighted by Crippen LogP contribution is -2.34. The second-order valence-electron chi connectivity index (χ2n) is 5.50. The minimum absolute atomic E-state index is 0.0819. The van der Waals surface area contributed by atoms with Crippen LogP contribution in [0.15, 0.2) is 42.7 Å². The summed E-state index contributed by atoms with van der Waals surface area (Å²) in [5.41, 5.74) is 1.35. The highest BCUT2D eigenvalue weighted by molar-refractivity contribution is 5.26. The fourth-order valence-corrected chi connectivity index (χ4v) is 2.25. The SMILES string of the molecule is CC(C)(C)[C@@H]1OCOC=C[C@H]1c1ccccc1. The standard InChI is InChI=1S/C15H20O2/c1-15(2,3)14-13(9-10-16-11-17-14)12-7-5-4-6-8-12/h4-10,13-14H,11H2,1-3H3/t13-,14+/m0/s1. The third-order valence-corrected chi connectivity index (χ3v) is 3.06. The van der Waals surface area contributed by atoms with Crippen molar-refractivity contribution < 1.29 is 9.47 Å². The summed E-state index contributed by atoms with van der Waals surface area (Å²) >= 11 is 0. The Bertz CT molecular complexity index is 376. The Morgan fingerprint density at radius 2 is 1.82 bits per heavy atom. The zero-order valence-corrected chi connectivity index (χ0v) is 10.7. The predicted octanol–water partition coefficient (Wildman–Crippen LogP) is 3.70. The fraction of sp³-hybridized carbons (Fsp3) is 0.467. The van der Waals surface area contributed by atoms with Gasteiger partial charge >= 0.3 is 0 Å². The van der Waals surface area contributed by atoms with Crippen LogP contribution in [-0.4, -0.2) is 12.9 Å². The topological polar surface area (TPSA) is 18.5 Å². The quantitative estimate of drug-likeness (QED) is 0.735. The maximum absolute atomic E-state index is 5.85. The lowest BCUT2D eigenvalue weighted by Gasteiger charge is -2.34. The van der Waals surface area contributed by atoms with E-state index in [2.05, 4.69) is 51.1 Å². The third kappa shape index (κ3) is 2.89. The number of ether oxygens (including phenoxy) is 2. The molecule has 1 aliphatic heterocycles. The Morgan fingerprint density at radius 3 is 2.47 bits per heavy atom. The number of hydrogen-bond acceptors (Lipinski definition) is 2. The molecule has 92 valence electrons. The maximum Gasteiger partial charge on any atom is 0.188 e. The Morgan fingerprint density at radius 1 is 1.12 bits per heavy atom.